The number of carbonyl (C=O) groups excluding carboxylic acids is 2. The van der Waals surface area contributed by atoms with E-state index in [9.17, 15) is 14.7 Å². The summed E-state index contributed by atoms with van der Waals surface area (Å²) in [5, 5.41) is 19.4. The van der Waals surface area contributed by atoms with Gasteiger partial charge in [-0.1, -0.05) is 20.8 Å². The van der Waals surface area contributed by atoms with Crippen molar-refractivity contribution in [2.45, 2.75) is 104 Å². The summed E-state index contributed by atoms with van der Waals surface area (Å²) < 4.78 is 0. The van der Waals surface area contributed by atoms with Crippen LogP contribution in [0.1, 0.15) is 102 Å². The molecule has 0 aliphatic heterocycles. The fourth-order valence-electron chi connectivity index (χ4n) is 9.31. The van der Waals surface area contributed by atoms with Gasteiger partial charge in [0.15, 0.2) is 11.5 Å². The Morgan fingerprint density at radius 3 is 2.56 bits per heavy atom. The predicted molar refractivity (Wildman–Crippen MR) is 138 cm³/mol. The van der Waals surface area contributed by atoms with E-state index >= 15 is 0 Å². The summed E-state index contributed by atoms with van der Waals surface area (Å²) in [7, 11) is 1.77. The first-order valence-electron chi connectivity index (χ1n) is 14.4. The molecule has 1 amide bonds. The van der Waals surface area contributed by atoms with Crippen molar-refractivity contribution in [3.63, 3.8) is 0 Å². The number of hydrogen-bond donors (Lipinski definition) is 1. The number of hydrogen-bond acceptors (Lipinski definition) is 5. The lowest BCUT2D eigenvalue weighted by Gasteiger charge is -2.61. The van der Waals surface area contributed by atoms with Crippen LogP contribution in [0.5, 0.6) is 0 Å². The second-order valence-corrected chi connectivity index (χ2v) is 13.5. The number of amides is 1. The monoisotopic (exact) mass is 498 g/mol. The topological polar surface area (TPSA) is 88.3 Å². The zero-order valence-electron chi connectivity index (χ0n) is 23.0. The van der Waals surface area contributed by atoms with Crippen molar-refractivity contribution >= 4 is 11.7 Å². The fourth-order valence-corrected chi connectivity index (χ4v) is 9.31. The van der Waals surface area contributed by atoms with Gasteiger partial charge < -0.3 is 10.0 Å². The minimum atomic E-state index is -0.499. The Hall–Kier alpha value is -1.76. The van der Waals surface area contributed by atoms with Gasteiger partial charge in [0.05, 0.1) is 11.8 Å². The van der Waals surface area contributed by atoms with Crippen LogP contribution in [0, 0.1) is 40.4 Å². The van der Waals surface area contributed by atoms with Crippen LogP contribution in [0.15, 0.2) is 6.20 Å². The molecule has 7 nitrogen and oxygen atoms in total. The van der Waals surface area contributed by atoms with E-state index in [1.165, 1.54) is 30.3 Å². The van der Waals surface area contributed by atoms with E-state index in [1.807, 2.05) is 13.8 Å². The zero-order chi connectivity index (χ0) is 25.9. The molecule has 1 aromatic heterocycles. The second-order valence-electron chi connectivity index (χ2n) is 13.5. The predicted octanol–water partition coefficient (Wildman–Crippen LogP) is 4.74. The molecule has 7 heteroatoms. The Labute approximate surface area is 216 Å². The Morgan fingerprint density at radius 1 is 1.06 bits per heavy atom. The molecule has 0 saturated heterocycles. The van der Waals surface area contributed by atoms with Crippen molar-refractivity contribution in [2.75, 3.05) is 13.6 Å². The molecule has 8 atom stereocenters. The zero-order valence-corrected chi connectivity index (χ0v) is 23.0. The Kier molecular flexibility index (Phi) is 6.62. The lowest BCUT2D eigenvalue weighted by molar-refractivity contribution is -0.151. The molecule has 0 aromatic carbocycles. The fraction of sp³-hybridized carbons (Fsp3) is 0.862. The molecule has 0 spiro atoms. The van der Waals surface area contributed by atoms with Crippen LogP contribution in [0.3, 0.4) is 0 Å². The number of ketones is 1. The van der Waals surface area contributed by atoms with E-state index in [2.05, 4.69) is 24.0 Å². The van der Waals surface area contributed by atoms with E-state index in [0.717, 1.165) is 50.9 Å². The van der Waals surface area contributed by atoms with Gasteiger partial charge in [0, 0.05) is 19.5 Å². The third-order valence-corrected chi connectivity index (χ3v) is 11.3. The first-order chi connectivity index (χ1) is 17.0. The van der Waals surface area contributed by atoms with Crippen molar-refractivity contribution in [2.24, 2.45) is 40.4 Å². The van der Waals surface area contributed by atoms with Gasteiger partial charge in [-0.2, -0.15) is 9.90 Å². The molecule has 36 heavy (non-hydrogen) atoms. The van der Waals surface area contributed by atoms with Crippen molar-refractivity contribution in [3.05, 3.63) is 11.9 Å². The SMILES string of the molecule is CCCN(C)C(=O)c1cnn(CC(=O)[C@H]2CC[C@H]3[C@@H]4CCC5C[C@](C)(O)CC[C@]5(C)[C@H]4CCC23C)n1. The standard InChI is InChI=1S/C29H46N4O3/c1-6-15-32(5)26(35)24-17-30-33(31-24)18-25(34)23-10-9-21-20-8-7-19-16-27(2,36)13-14-28(19,3)22(20)11-12-29(21,23)4/h17,19-23,36H,6-16,18H2,1-5H3/t19?,20-,21-,22-,23+,27+,28-,29?/m0/s1. The maximum absolute atomic E-state index is 13.6. The average molecular weight is 499 g/mol. The molecule has 4 fully saturated rings. The summed E-state index contributed by atoms with van der Waals surface area (Å²) in [6, 6.07) is 0. The quantitative estimate of drug-likeness (QED) is 0.612. The lowest BCUT2D eigenvalue weighted by atomic mass is 9.44. The maximum Gasteiger partial charge on any atom is 0.275 e. The largest absolute Gasteiger partial charge is 0.390 e. The molecule has 200 valence electrons. The van der Waals surface area contributed by atoms with Gasteiger partial charge in [-0.15, -0.1) is 5.10 Å². The first-order valence-corrected chi connectivity index (χ1v) is 14.4. The molecule has 0 radical (unpaired) electrons. The van der Waals surface area contributed by atoms with Crippen LogP contribution >= 0.6 is 0 Å². The molecule has 4 aliphatic carbocycles. The summed E-state index contributed by atoms with van der Waals surface area (Å²) in [5.41, 5.74) is 0.198. The smallest absolute Gasteiger partial charge is 0.275 e. The molecule has 4 saturated carbocycles. The summed E-state index contributed by atoms with van der Waals surface area (Å²) in [4.78, 5) is 29.2. The van der Waals surface area contributed by atoms with Gasteiger partial charge in [0.1, 0.15) is 6.54 Å². The summed E-state index contributed by atoms with van der Waals surface area (Å²) >= 11 is 0. The highest BCUT2D eigenvalue weighted by molar-refractivity contribution is 5.91. The van der Waals surface area contributed by atoms with Gasteiger partial charge in [-0.25, -0.2) is 0 Å². The van der Waals surface area contributed by atoms with Crippen molar-refractivity contribution in [1.82, 2.24) is 19.9 Å². The summed E-state index contributed by atoms with van der Waals surface area (Å²) in [5.74, 6) is 2.79. The molecular weight excluding hydrogens is 452 g/mol. The minimum absolute atomic E-state index is 0.0500. The molecule has 2 unspecified atom stereocenters. The maximum atomic E-state index is 13.6. The normalized spacial score (nSPS) is 41.8. The second kappa shape index (κ2) is 9.21. The molecule has 1 aromatic rings. The number of carbonyl (C=O) groups is 2. The number of aromatic nitrogens is 3. The van der Waals surface area contributed by atoms with Gasteiger partial charge in [0.2, 0.25) is 0 Å². The Bertz CT molecular complexity index is 1000. The average Bonchev–Trinajstić information content (AvgIpc) is 3.43. The molecule has 1 heterocycles. The van der Waals surface area contributed by atoms with Gasteiger partial charge in [0.25, 0.3) is 5.91 Å². The van der Waals surface area contributed by atoms with E-state index in [-0.39, 0.29) is 29.6 Å². The van der Waals surface area contributed by atoms with E-state index in [0.29, 0.717) is 35.4 Å². The van der Waals surface area contributed by atoms with Gasteiger partial charge in [-0.3, -0.25) is 9.59 Å². The summed E-state index contributed by atoms with van der Waals surface area (Å²) in [6.45, 7) is 9.79. The van der Waals surface area contributed by atoms with E-state index in [4.69, 9.17) is 0 Å². The van der Waals surface area contributed by atoms with Crippen LogP contribution in [0.25, 0.3) is 0 Å². The molecule has 0 bridgehead atoms. The molecule has 5 rings (SSSR count). The lowest BCUT2D eigenvalue weighted by Crippen LogP contribution is -2.55. The van der Waals surface area contributed by atoms with Crippen LogP contribution in [0.2, 0.25) is 0 Å². The minimum Gasteiger partial charge on any atom is -0.390 e. The number of Topliss-reactive ketones (excluding diaryl/α,β-unsaturated/α-hetero) is 1. The highest BCUT2D eigenvalue weighted by Crippen LogP contribution is 2.68. The Morgan fingerprint density at radius 2 is 1.81 bits per heavy atom. The number of rotatable bonds is 6. The van der Waals surface area contributed by atoms with Crippen LogP contribution in [-0.4, -0.2) is 55.9 Å². The van der Waals surface area contributed by atoms with Crippen molar-refractivity contribution in [3.8, 4) is 0 Å². The molecular formula is C29H46N4O3. The van der Waals surface area contributed by atoms with Gasteiger partial charge >= 0.3 is 0 Å². The van der Waals surface area contributed by atoms with Crippen LogP contribution in [0.4, 0.5) is 0 Å². The van der Waals surface area contributed by atoms with Crippen LogP contribution < -0.4 is 0 Å². The van der Waals surface area contributed by atoms with Gasteiger partial charge in [-0.05, 0) is 106 Å². The van der Waals surface area contributed by atoms with Crippen molar-refractivity contribution in [1.29, 1.82) is 0 Å². The molecule has 4 aliphatic rings. The molecule has 1 N–H and O–H groups in total. The Balaban J connectivity index is 1.27. The highest BCUT2D eigenvalue weighted by atomic mass is 16.3. The van der Waals surface area contributed by atoms with Crippen molar-refractivity contribution < 1.29 is 14.7 Å². The number of aliphatic hydroxyl groups is 1. The third kappa shape index (κ3) is 4.23. The number of fused-ring (bicyclic) bond motifs is 5. The van der Waals surface area contributed by atoms with Crippen LogP contribution in [-0.2, 0) is 11.3 Å². The van der Waals surface area contributed by atoms with E-state index < -0.39 is 5.60 Å². The third-order valence-electron chi connectivity index (χ3n) is 11.3. The summed E-state index contributed by atoms with van der Waals surface area (Å²) in [6.07, 6.45) is 12.3. The van der Waals surface area contributed by atoms with E-state index in [1.54, 1.807) is 11.9 Å². The highest BCUT2D eigenvalue weighted by Gasteiger charge is 2.61. The first kappa shape index (κ1) is 25.9. The number of nitrogens with zero attached hydrogens (tertiary/aromatic N) is 4.